The van der Waals surface area contributed by atoms with Crippen LogP contribution in [0.2, 0.25) is 0 Å². The smallest absolute Gasteiger partial charge is 0.0901 e. The van der Waals surface area contributed by atoms with E-state index in [1.165, 1.54) is 4.90 Å². The summed E-state index contributed by atoms with van der Waals surface area (Å²) in [6.45, 7) is 6.20. The predicted molar refractivity (Wildman–Crippen MR) is 69.1 cm³/mol. The van der Waals surface area contributed by atoms with Crippen molar-refractivity contribution in [3.8, 4) is 0 Å². The molecule has 90 valence electrons. The van der Waals surface area contributed by atoms with E-state index in [1.807, 2.05) is 31.7 Å². The number of benzene rings is 1. The molecule has 0 aliphatic carbocycles. The standard InChI is InChI=1S/C13H20O2S/c1-3-14-10-12(15-4-2)11-16-13-8-6-5-7-9-13/h5-9,12H,3-4,10-11H2,1-2H3. The van der Waals surface area contributed by atoms with Crippen molar-refractivity contribution in [2.24, 2.45) is 0 Å². The number of ether oxygens (including phenoxy) is 2. The van der Waals surface area contributed by atoms with Crippen molar-refractivity contribution in [1.82, 2.24) is 0 Å². The molecule has 0 heterocycles. The Labute approximate surface area is 102 Å². The lowest BCUT2D eigenvalue weighted by Gasteiger charge is -2.16. The first kappa shape index (κ1) is 13.6. The number of thioether (sulfide) groups is 1. The maximum Gasteiger partial charge on any atom is 0.0901 e. The van der Waals surface area contributed by atoms with Gasteiger partial charge in [0, 0.05) is 23.9 Å². The molecule has 1 rings (SSSR count). The molecule has 2 nitrogen and oxygen atoms in total. The van der Waals surface area contributed by atoms with Gasteiger partial charge in [0.15, 0.2) is 0 Å². The monoisotopic (exact) mass is 240 g/mol. The molecule has 0 amide bonds. The summed E-state index contributed by atoms with van der Waals surface area (Å²) in [5.74, 6) is 0.942. The topological polar surface area (TPSA) is 18.5 Å². The molecule has 0 radical (unpaired) electrons. The van der Waals surface area contributed by atoms with E-state index in [0.717, 1.165) is 19.0 Å². The highest BCUT2D eigenvalue weighted by Gasteiger charge is 2.08. The summed E-state index contributed by atoms with van der Waals surface area (Å²) in [6, 6.07) is 10.4. The average Bonchev–Trinajstić information content (AvgIpc) is 2.34. The first-order chi connectivity index (χ1) is 7.86. The van der Waals surface area contributed by atoms with Crippen molar-refractivity contribution in [3.63, 3.8) is 0 Å². The Morgan fingerprint density at radius 3 is 2.50 bits per heavy atom. The molecule has 0 fully saturated rings. The summed E-state index contributed by atoms with van der Waals surface area (Å²) in [5, 5.41) is 0. The van der Waals surface area contributed by atoms with Gasteiger partial charge in [-0.1, -0.05) is 18.2 Å². The van der Waals surface area contributed by atoms with Crippen LogP contribution in [-0.4, -0.2) is 31.7 Å². The molecule has 0 saturated carbocycles. The highest BCUT2D eigenvalue weighted by molar-refractivity contribution is 7.99. The third kappa shape index (κ3) is 5.54. The van der Waals surface area contributed by atoms with E-state index in [2.05, 4.69) is 24.3 Å². The molecular formula is C13H20O2S. The van der Waals surface area contributed by atoms with E-state index in [-0.39, 0.29) is 6.10 Å². The zero-order valence-corrected chi connectivity index (χ0v) is 10.8. The van der Waals surface area contributed by atoms with Crippen LogP contribution in [0.1, 0.15) is 13.8 Å². The maximum absolute atomic E-state index is 5.62. The minimum Gasteiger partial charge on any atom is -0.379 e. The molecule has 0 aliphatic rings. The first-order valence-corrected chi connectivity index (χ1v) is 6.72. The van der Waals surface area contributed by atoms with Crippen molar-refractivity contribution in [2.45, 2.75) is 24.8 Å². The quantitative estimate of drug-likeness (QED) is 0.650. The van der Waals surface area contributed by atoms with Crippen LogP contribution in [0, 0.1) is 0 Å². The Hall–Kier alpha value is -0.510. The van der Waals surface area contributed by atoms with E-state index in [4.69, 9.17) is 9.47 Å². The van der Waals surface area contributed by atoms with Crippen LogP contribution in [0.15, 0.2) is 35.2 Å². The molecule has 0 aromatic heterocycles. The Bertz CT molecular complexity index is 264. The first-order valence-electron chi connectivity index (χ1n) is 5.74. The zero-order chi connectivity index (χ0) is 11.6. The highest BCUT2D eigenvalue weighted by Crippen LogP contribution is 2.19. The average molecular weight is 240 g/mol. The SMILES string of the molecule is CCOCC(CSc1ccccc1)OCC. The van der Waals surface area contributed by atoms with Gasteiger partial charge in [-0.2, -0.15) is 0 Å². The zero-order valence-electron chi connectivity index (χ0n) is 10.0. The fourth-order valence-corrected chi connectivity index (χ4v) is 2.26. The number of hydrogen-bond donors (Lipinski definition) is 0. The molecule has 1 aromatic carbocycles. The van der Waals surface area contributed by atoms with Gasteiger partial charge in [0.25, 0.3) is 0 Å². The van der Waals surface area contributed by atoms with E-state index in [1.54, 1.807) is 0 Å². The van der Waals surface area contributed by atoms with E-state index in [9.17, 15) is 0 Å². The van der Waals surface area contributed by atoms with Crippen LogP contribution >= 0.6 is 11.8 Å². The second-order valence-corrected chi connectivity index (χ2v) is 4.45. The number of hydrogen-bond acceptors (Lipinski definition) is 3. The van der Waals surface area contributed by atoms with Gasteiger partial charge < -0.3 is 9.47 Å². The highest BCUT2D eigenvalue weighted by atomic mass is 32.2. The summed E-state index contributed by atoms with van der Waals surface area (Å²) in [5.41, 5.74) is 0. The molecule has 1 atom stereocenters. The maximum atomic E-state index is 5.62. The lowest BCUT2D eigenvalue weighted by Crippen LogP contribution is -2.22. The minimum absolute atomic E-state index is 0.190. The fraction of sp³-hybridized carbons (Fsp3) is 0.538. The summed E-state index contributed by atoms with van der Waals surface area (Å²) in [7, 11) is 0. The summed E-state index contributed by atoms with van der Waals surface area (Å²) < 4.78 is 11.0. The van der Waals surface area contributed by atoms with Crippen LogP contribution in [0.5, 0.6) is 0 Å². The second-order valence-electron chi connectivity index (χ2n) is 3.36. The van der Waals surface area contributed by atoms with Gasteiger partial charge >= 0.3 is 0 Å². The van der Waals surface area contributed by atoms with Gasteiger partial charge in [0.05, 0.1) is 12.7 Å². The molecule has 0 N–H and O–H groups in total. The molecule has 3 heteroatoms. The lowest BCUT2D eigenvalue weighted by molar-refractivity contribution is 0.00475. The summed E-state index contributed by atoms with van der Waals surface area (Å²) in [6.07, 6.45) is 0.190. The predicted octanol–water partition coefficient (Wildman–Crippen LogP) is 3.22. The van der Waals surface area contributed by atoms with Crippen LogP contribution in [0.4, 0.5) is 0 Å². The molecule has 16 heavy (non-hydrogen) atoms. The lowest BCUT2D eigenvalue weighted by atomic mass is 10.4. The largest absolute Gasteiger partial charge is 0.379 e. The molecule has 0 saturated heterocycles. The Morgan fingerprint density at radius 2 is 1.88 bits per heavy atom. The Balaban J connectivity index is 2.31. The van der Waals surface area contributed by atoms with Crippen molar-refractivity contribution < 1.29 is 9.47 Å². The van der Waals surface area contributed by atoms with E-state index < -0.39 is 0 Å². The summed E-state index contributed by atoms with van der Waals surface area (Å²) >= 11 is 1.81. The Kier molecular flexibility index (Phi) is 7.30. The normalized spacial score (nSPS) is 12.6. The van der Waals surface area contributed by atoms with Gasteiger partial charge in [-0.15, -0.1) is 11.8 Å². The van der Waals surface area contributed by atoms with E-state index in [0.29, 0.717) is 6.61 Å². The van der Waals surface area contributed by atoms with Crippen molar-refractivity contribution in [3.05, 3.63) is 30.3 Å². The third-order valence-electron chi connectivity index (χ3n) is 2.09. The van der Waals surface area contributed by atoms with Gasteiger partial charge in [-0.25, -0.2) is 0 Å². The minimum atomic E-state index is 0.190. The van der Waals surface area contributed by atoms with Gasteiger partial charge in [-0.05, 0) is 26.0 Å². The van der Waals surface area contributed by atoms with E-state index >= 15 is 0 Å². The van der Waals surface area contributed by atoms with Crippen molar-refractivity contribution in [2.75, 3.05) is 25.6 Å². The Morgan fingerprint density at radius 1 is 1.12 bits per heavy atom. The molecule has 1 unspecified atom stereocenters. The van der Waals surface area contributed by atoms with Gasteiger partial charge in [0.2, 0.25) is 0 Å². The molecule has 0 spiro atoms. The van der Waals surface area contributed by atoms with Crippen LogP contribution in [0.25, 0.3) is 0 Å². The fourth-order valence-electron chi connectivity index (χ4n) is 1.34. The molecule has 0 aliphatic heterocycles. The molecular weight excluding hydrogens is 220 g/mol. The van der Waals surface area contributed by atoms with Gasteiger partial charge in [0.1, 0.15) is 0 Å². The second kappa shape index (κ2) is 8.62. The number of rotatable bonds is 8. The van der Waals surface area contributed by atoms with Gasteiger partial charge in [-0.3, -0.25) is 0 Å². The summed E-state index contributed by atoms with van der Waals surface area (Å²) in [4.78, 5) is 1.28. The molecule has 0 bridgehead atoms. The van der Waals surface area contributed by atoms with Crippen LogP contribution in [0.3, 0.4) is 0 Å². The molecule has 1 aromatic rings. The van der Waals surface area contributed by atoms with Crippen LogP contribution in [-0.2, 0) is 9.47 Å². The van der Waals surface area contributed by atoms with Crippen molar-refractivity contribution >= 4 is 11.8 Å². The van der Waals surface area contributed by atoms with Crippen LogP contribution < -0.4 is 0 Å². The van der Waals surface area contributed by atoms with Crippen molar-refractivity contribution in [1.29, 1.82) is 0 Å². The third-order valence-corrected chi connectivity index (χ3v) is 3.23.